The molecule has 7 nitrogen and oxygen atoms in total. The van der Waals surface area contributed by atoms with Crippen LogP contribution in [0.3, 0.4) is 0 Å². The van der Waals surface area contributed by atoms with Crippen molar-refractivity contribution in [1.82, 2.24) is 19.8 Å². The molecule has 0 radical (unpaired) electrons. The fraction of sp³-hybridized carbons (Fsp3) is 0.158. The van der Waals surface area contributed by atoms with Crippen LogP contribution in [-0.2, 0) is 19.3 Å². The summed E-state index contributed by atoms with van der Waals surface area (Å²) in [6.45, 7) is 0.375. The summed E-state index contributed by atoms with van der Waals surface area (Å²) in [7, 11) is 0. The van der Waals surface area contributed by atoms with Crippen LogP contribution in [0.2, 0.25) is 5.02 Å². The Morgan fingerprint density at radius 2 is 1.87 bits per heavy atom. The standard InChI is InChI=1S/C19H18ClF3N6OS/c20-13-2-1-3-15(8-13)29-16(9-17(28-29)19(21,22)23)11-25-18(30)27-14-6-4-12(5-7-14)10-26-31-24/h1-9,26H,10-11,24H2,(H2,25,27,30). The molecule has 5 N–H and O–H groups in total. The minimum absolute atomic E-state index is 0.144. The number of rotatable bonds is 7. The number of carbonyl (C=O) groups is 1. The smallest absolute Gasteiger partial charge is 0.332 e. The number of nitrogens with two attached hydrogens (primary N) is 1. The number of hydrogen-bond acceptors (Lipinski definition) is 5. The van der Waals surface area contributed by atoms with Gasteiger partial charge in [-0.05, 0) is 42.0 Å². The van der Waals surface area contributed by atoms with Crippen LogP contribution in [-0.4, -0.2) is 15.8 Å². The van der Waals surface area contributed by atoms with Gasteiger partial charge in [0.1, 0.15) is 0 Å². The van der Waals surface area contributed by atoms with Crippen molar-refractivity contribution >= 4 is 35.5 Å². The highest BCUT2D eigenvalue weighted by atomic mass is 35.5. The molecule has 0 aliphatic heterocycles. The lowest BCUT2D eigenvalue weighted by atomic mass is 10.2. The van der Waals surface area contributed by atoms with E-state index in [0.717, 1.165) is 28.4 Å². The van der Waals surface area contributed by atoms with Crippen LogP contribution < -0.4 is 20.5 Å². The first-order chi connectivity index (χ1) is 14.8. The number of anilines is 1. The van der Waals surface area contributed by atoms with Crippen molar-refractivity contribution in [1.29, 1.82) is 0 Å². The molecule has 0 unspecified atom stereocenters. The molecule has 0 aliphatic rings. The van der Waals surface area contributed by atoms with E-state index in [1.54, 1.807) is 30.3 Å². The van der Waals surface area contributed by atoms with Crippen LogP contribution in [0.4, 0.5) is 23.7 Å². The van der Waals surface area contributed by atoms with E-state index in [1.165, 1.54) is 6.07 Å². The van der Waals surface area contributed by atoms with Gasteiger partial charge in [-0.25, -0.2) is 14.2 Å². The number of carbonyl (C=O) groups excluding carboxylic acids is 1. The maximum atomic E-state index is 13.2. The van der Waals surface area contributed by atoms with E-state index in [9.17, 15) is 18.0 Å². The molecule has 31 heavy (non-hydrogen) atoms. The Morgan fingerprint density at radius 1 is 1.13 bits per heavy atom. The Hall–Kier alpha value is -2.73. The van der Waals surface area contributed by atoms with Gasteiger partial charge in [-0.1, -0.05) is 29.8 Å². The van der Waals surface area contributed by atoms with Crippen LogP contribution in [0.25, 0.3) is 5.69 Å². The summed E-state index contributed by atoms with van der Waals surface area (Å²) in [5, 5.41) is 14.5. The molecule has 164 valence electrons. The summed E-state index contributed by atoms with van der Waals surface area (Å²) in [5.74, 6) is 0. The van der Waals surface area contributed by atoms with Gasteiger partial charge in [-0.2, -0.15) is 18.3 Å². The molecule has 2 aromatic carbocycles. The largest absolute Gasteiger partial charge is 0.435 e. The number of amides is 2. The zero-order chi connectivity index (χ0) is 22.4. The van der Waals surface area contributed by atoms with Gasteiger partial charge in [0.05, 0.1) is 17.9 Å². The molecule has 0 bridgehead atoms. The van der Waals surface area contributed by atoms with Gasteiger partial charge < -0.3 is 10.6 Å². The molecule has 0 aliphatic carbocycles. The van der Waals surface area contributed by atoms with Crippen LogP contribution >= 0.6 is 23.7 Å². The zero-order valence-electron chi connectivity index (χ0n) is 15.9. The maximum Gasteiger partial charge on any atom is 0.435 e. The summed E-state index contributed by atoms with van der Waals surface area (Å²) < 4.78 is 43.5. The number of halogens is 4. The van der Waals surface area contributed by atoms with E-state index < -0.39 is 17.9 Å². The topological polar surface area (TPSA) is 97.0 Å². The fourth-order valence-electron chi connectivity index (χ4n) is 2.69. The van der Waals surface area contributed by atoms with E-state index >= 15 is 0 Å². The fourth-order valence-corrected chi connectivity index (χ4v) is 3.13. The quantitative estimate of drug-likeness (QED) is 0.382. The Bertz CT molecular complexity index is 1040. The molecule has 1 aromatic heterocycles. The van der Waals surface area contributed by atoms with Crippen LogP contribution in [0.5, 0.6) is 0 Å². The molecular weight excluding hydrogens is 453 g/mol. The normalized spacial score (nSPS) is 11.4. The third-order valence-corrected chi connectivity index (χ3v) is 4.67. The number of benzene rings is 2. The summed E-state index contributed by atoms with van der Waals surface area (Å²) in [6.07, 6.45) is -4.63. The van der Waals surface area contributed by atoms with Crippen molar-refractivity contribution in [2.24, 2.45) is 5.14 Å². The SMILES string of the molecule is NSNCc1ccc(NC(=O)NCc2cc(C(F)(F)F)nn2-c2cccc(Cl)c2)cc1. The highest BCUT2D eigenvalue weighted by Crippen LogP contribution is 2.30. The number of alkyl halides is 3. The van der Waals surface area contributed by atoms with Gasteiger partial charge in [0, 0.05) is 29.4 Å². The molecule has 2 amide bonds. The predicted molar refractivity (Wildman–Crippen MR) is 114 cm³/mol. The number of nitrogens with zero attached hydrogens (tertiary/aromatic N) is 2. The van der Waals surface area contributed by atoms with E-state index in [2.05, 4.69) is 20.5 Å². The van der Waals surface area contributed by atoms with Crippen LogP contribution in [0.1, 0.15) is 17.0 Å². The molecule has 3 aromatic rings. The van der Waals surface area contributed by atoms with Crippen molar-refractivity contribution in [3.63, 3.8) is 0 Å². The molecule has 0 fully saturated rings. The predicted octanol–water partition coefficient (Wildman–Crippen LogP) is 4.48. The van der Waals surface area contributed by atoms with Gasteiger partial charge in [0.2, 0.25) is 0 Å². The van der Waals surface area contributed by atoms with Crippen molar-refractivity contribution < 1.29 is 18.0 Å². The highest BCUT2D eigenvalue weighted by Gasteiger charge is 2.35. The first-order valence-corrected chi connectivity index (χ1v) is 10.2. The lowest BCUT2D eigenvalue weighted by Gasteiger charge is -2.10. The number of nitrogens with one attached hydrogen (secondary N) is 3. The Kier molecular flexibility index (Phi) is 7.44. The Morgan fingerprint density at radius 3 is 2.52 bits per heavy atom. The second-order valence-electron chi connectivity index (χ2n) is 6.35. The van der Waals surface area contributed by atoms with Crippen molar-refractivity contribution in [2.45, 2.75) is 19.3 Å². The molecule has 0 saturated heterocycles. The Labute approximate surface area is 185 Å². The van der Waals surface area contributed by atoms with Crippen molar-refractivity contribution in [3.8, 4) is 5.69 Å². The lowest BCUT2D eigenvalue weighted by Crippen LogP contribution is -2.29. The minimum atomic E-state index is -4.63. The maximum absolute atomic E-state index is 13.2. The zero-order valence-corrected chi connectivity index (χ0v) is 17.5. The Balaban J connectivity index is 1.70. The van der Waals surface area contributed by atoms with Crippen LogP contribution in [0.15, 0.2) is 54.6 Å². The summed E-state index contributed by atoms with van der Waals surface area (Å²) >= 11 is 6.95. The van der Waals surface area contributed by atoms with Gasteiger partial charge >= 0.3 is 12.2 Å². The van der Waals surface area contributed by atoms with Gasteiger partial charge in [-0.15, -0.1) is 0 Å². The average molecular weight is 471 g/mol. The van der Waals surface area contributed by atoms with E-state index in [-0.39, 0.29) is 12.2 Å². The molecule has 0 saturated carbocycles. The number of aromatic nitrogens is 2. The second kappa shape index (κ2) is 10.1. The molecule has 12 heteroatoms. The van der Waals surface area contributed by atoms with Crippen LogP contribution in [0, 0.1) is 0 Å². The number of urea groups is 1. The third kappa shape index (κ3) is 6.37. The second-order valence-corrected chi connectivity index (χ2v) is 7.31. The van der Waals surface area contributed by atoms with Gasteiger partial charge in [-0.3, -0.25) is 5.14 Å². The molecule has 1 heterocycles. The van der Waals surface area contributed by atoms with Crippen molar-refractivity contribution in [2.75, 3.05) is 5.32 Å². The average Bonchev–Trinajstić information content (AvgIpc) is 3.17. The monoisotopic (exact) mass is 470 g/mol. The van der Waals surface area contributed by atoms with Crippen molar-refractivity contribution in [3.05, 3.63) is 76.6 Å². The lowest BCUT2D eigenvalue weighted by molar-refractivity contribution is -0.141. The summed E-state index contributed by atoms with van der Waals surface area (Å²) in [4.78, 5) is 12.2. The van der Waals surface area contributed by atoms with E-state index in [1.807, 2.05) is 12.1 Å². The van der Waals surface area contributed by atoms with Gasteiger partial charge in [0.25, 0.3) is 0 Å². The first kappa shape index (κ1) is 22.9. The van der Waals surface area contributed by atoms with E-state index in [4.69, 9.17) is 16.7 Å². The summed E-state index contributed by atoms with van der Waals surface area (Å²) in [6, 6.07) is 13.6. The molecular formula is C19H18ClF3N6OS. The first-order valence-electron chi connectivity index (χ1n) is 8.90. The number of hydrogen-bond donors (Lipinski definition) is 4. The summed E-state index contributed by atoms with van der Waals surface area (Å²) in [5.41, 5.74) is 0.921. The van der Waals surface area contributed by atoms with E-state index in [0.29, 0.717) is 22.9 Å². The highest BCUT2D eigenvalue weighted by molar-refractivity contribution is 7.95. The molecule has 3 rings (SSSR count). The third-order valence-electron chi connectivity index (χ3n) is 4.13. The minimum Gasteiger partial charge on any atom is -0.332 e. The van der Waals surface area contributed by atoms with Gasteiger partial charge in [0.15, 0.2) is 5.69 Å². The molecule has 0 atom stereocenters. The molecule has 0 spiro atoms.